The number of nitrogens with two attached hydrogens (primary N) is 1. The number of benzene rings is 1. The van der Waals surface area contributed by atoms with Crippen LogP contribution in [0.3, 0.4) is 0 Å². The van der Waals surface area contributed by atoms with Crippen LogP contribution in [0.2, 0.25) is 0 Å². The number of rotatable bonds is 5. The summed E-state index contributed by atoms with van der Waals surface area (Å²) >= 11 is 0. The molecule has 0 aliphatic rings. The van der Waals surface area contributed by atoms with Gasteiger partial charge in [-0.3, -0.25) is 15.0 Å². The van der Waals surface area contributed by atoms with Crippen LogP contribution in [-0.2, 0) is 4.79 Å². The van der Waals surface area contributed by atoms with Crippen molar-refractivity contribution in [2.45, 2.75) is 19.4 Å². The zero-order valence-corrected chi connectivity index (χ0v) is 11.0. The Labute approximate surface area is 111 Å². The molecule has 1 atom stereocenters. The minimum atomic E-state index is -0.848. The molecule has 0 bridgehead atoms. The number of nitrogens with zero attached hydrogens (tertiary/aromatic N) is 1. The largest absolute Gasteiger partial charge is 0.351 e. The second kappa shape index (κ2) is 6.84. The third kappa shape index (κ3) is 5.05. The van der Waals surface area contributed by atoms with Crippen molar-refractivity contribution in [3.8, 4) is 0 Å². The fourth-order valence-electron chi connectivity index (χ4n) is 1.67. The summed E-state index contributed by atoms with van der Waals surface area (Å²) in [6.45, 7) is 2.43. The van der Waals surface area contributed by atoms with E-state index in [0.717, 1.165) is 5.56 Å². The molecule has 6 heteroatoms. The van der Waals surface area contributed by atoms with E-state index in [1.165, 1.54) is 12.1 Å². The lowest BCUT2D eigenvalue weighted by Crippen LogP contribution is -2.37. The first-order valence-electron chi connectivity index (χ1n) is 5.95. The molecule has 0 fully saturated rings. The molecule has 1 aromatic carbocycles. The second-order valence-electron chi connectivity index (χ2n) is 4.37. The van der Waals surface area contributed by atoms with Crippen molar-refractivity contribution in [2.75, 3.05) is 13.6 Å². The summed E-state index contributed by atoms with van der Waals surface area (Å²) in [7, 11) is 1.85. The standard InChI is InChI=1S/C13H18FN3O2/c1-9(10-3-5-11(14)6-4-10)17(2)8-7-12(18)16-13(15)19/h3-6,9H,7-8H2,1-2H3,(H3,15,16,18,19). The third-order valence-electron chi connectivity index (χ3n) is 2.97. The molecule has 0 aliphatic heterocycles. The van der Waals surface area contributed by atoms with Gasteiger partial charge in [0.15, 0.2) is 0 Å². The predicted octanol–water partition coefficient (Wildman–Crippen LogP) is 1.40. The molecule has 3 amide bonds. The Balaban J connectivity index is 2.48. The predicted molar refractivity (Wildman–Crippen MR) is 69.8 cm³/mol. The van der Waals surface area contributed by atoms with Crippen LogP contribution in [0.4, 0.5) is 9.18 Å². The van der Waals surface area contributed by atoms with E-state index in [1.54, 1.807) is 12.1 Å². The molecule has 0 radical (unpaired) electrons. The van der Waals surface area contributed by atoms with Crippen molar-refractivity contribution < 1.29 is 14.0 Å². The maximum Gasteiger partial charge on any atom is 0.318 e. The van der Waals surface area contributed by atoms with E-state index in [9.17, 15) is 14.0 Å². The maximum absolute atomic E-state index is 12.8. The van der Waals surface area contributed by atoms with Crippen LogP contribution in [0.25, 0.3) is 0 Å². The first-order chi connectivity index (χ1) is 8.90. The van der Waals surface area contributed by atoms with Crippen molar-refractivity contribution in [2.24, 2.45) is 5.73 Å². The summed E-state index contributed by atoms with van der Waals surface area (Å²) in [5, 5.41) is 2.01. The Hall–Kier alpha value is -1.95. The van der Waals surface area contributed by atoms with E-state index in [2.05, 4.69) is 0 Å². The lowest BCUT2D eigenvalue weighted by molar-refractivity contribution is -0.120. The number of carbonyl (C=O) groups excluding carboxylic acids is 2. The topological polar surface area (TPSA) is 75.4 Å². The number of carbonyl (C=O) groups is 2. The van der Waals surface area contributed by atoms with E-state index in [1.807, 2.05) is 24.2 Å². The highest BCUT2D eigenvalue weighted by atomic mass is 19.1. The average Bonchev–Trinajstić information content (AvgIpc) is 2.35. The maximum atomic E-state index is 12.8. The summed E-state index contributed by atoms with van der Waals surface area (Å²) in [6, 6.07) is 5.42. The molecular formula is C13H18FN3O2. The molecule has 0 heterocycles. The number of imide groups is 1. The van der Waals surface area contributed by atoms with Crippen LogP contribution in [0.5, 0.6) is 0 Å². The molecule has 19 heavy (non-hydrogen) atoms. The minimum Gasteiger partial charge on any atom is -0.351 e. The molecule has 1 rings (SSSR count). The number of halogens is 1. The van der Waals surface area contributed by atoms with Crippen molar-refractivity contribution in [3.05, 3.63) is 35.6 Å². The summed E-state index contributed by atoms with van der Waals surface area (Å²) < 4.78 is 12.8. The molecule has 0 aromatic heterocycles. The molecule has 0 spiro atoms. The van der Waals surface area contributed by atoms with Gasteiger partial charge in [0.05, 0.1) is 0 Å². The van der Waals surface area contributed by atoms with Gasteiger partial charge in [0.2, 0.25) is 5.91 Å². The van der Waals surface area contributed by atoms with Crippen LogP contribution >= 0.6 is 0 Å². The van der Waals surface area contributed by atoms with Crippen molar-refractivity contribution in [1.29, 1.82) is 0 Å². The first-order valence-corrected chi connectivity index (χ1v) is 5.95. The number of hydrogen-bond acceptors (Lipinski definition) is 3. The van der Waals surface area contributed by atoms with E-state index in [0.29, 0.717) is 6.54 Å². The third-order valence-corrected chi connectivity index (χ3v) is 2.97. The SMILES string of the molecule is CC(c1ccc(F)cc1)N(C)CCC(=O)NC(N)=O. The Morgan fingerprint density at radius 1 is 1.37 bits per heavy atom. The van der Waals surface area contributed by atoms with Crippen LogP contribution < -0.4 is 11.1 Å². The lowest BCUT2D eigenvalue weighted by atomic mass is 10.1. The summed E-state index contributed by atoms with van der Waals surface area (Å²) in [5.41, 5.74) is 5.80. The Kier molecular flexibility index (Phi) is 5.44. The van der Waals surface area contributed by atoms with Gasteiger partial charge in [-0.25, -0.2) is 9.18 Å². The number of hydrogen-bond donors (Lipinski definition) is 2. The monoisotopic (exact) mass is 267 g/mol. The van der Waals surface area contributed by atoms with Crippen LogP contribution in [0.1, 0.15) is 24.9 Å². The van der Waals surface area contributed by atoms with Gasteiger partial charge in [-0.05, 0) is 31.7 Å². The van der Waals surface area contributed by atoms with Gasteiger partial charge in [-0.2, -0.15) is 0 Å². The Bertz CT molecular complexity index is 448. The second-order valence-corrected chi connectivity index (χ2v) is 4.37. The number of nitrogens with one attached hydrogen (secondary N) is 1. The summed E-state index contributed by atoms with van der Waals surface area (Å²) in [4.78, 5) is 23.7. The van der Waals surface area contributed by atoms with Gasteiger partial charge in [-0.15, -0.1) is 0 Å². The normalized spacial score (nSPS) is 12.2. The number of urea groups is 1. The molecule has 0 aliphatic carbocycles. The highest BCUT2D eigenvalue weighted by molar-refractivity contribution is 5.93. The molecule has 1 unspecified atom stereocenters. The molecule has 5 nitrogen and oxygen atoms in total. The lowest BCUT2D eigenvalue weighted by Gasteiger charge is -2.24. The smallest absolute Gasteiger partial charge is 0.318 e. The fraction of sp³-hybridized carbons (Fsp3) is 0.385. The van der Waals surface area contributed by atoms with E-state index < -0.39 is 11.9 Å². The quantitative estimate of drug-likeness (QED) is 0.846. The average molecular weight is 267 g/mol. The van der Waals surface area contributed by atoms with Crippen molar-refractivity contribution in [3.63, 3.8) is 0 Å². The Morgan fingerprint density at radius 2 is 1.95 bits per heavy atom. The van der Waals surface area contributed by atoms with Crippen molar-refractivity contribution in [1.82, 2.24) is 10.2 Å². The van der Waals surface area contributed by atoms with Crippen molar-refractivity contribution >= 4 is 11.9 Å². The summed E-state index contributed by atoms with van der Waals surface area (Å²) in [5.74, 6) is -0.690. The molecule has 104 valence electrons. The van der Waals surface area contributed by atoms with E-state index in [-0.39, 0.29) is 18.3 Å². The van der Waals surface area contributed by atoms with Crippen LogP contribution in [-0.4, -0.2) is 30.4 Å². The van der Waals surface area contributed by atoms with Gasteiger partial charge in [-0.1, -0.05) is 12.1 Å². The molecule has 0 saturated heterocycles. The zero-order chi connectivity index (χ0) is 14.4. The van der Waals surface area contributed by atoms with E-state index in [4.69, 9.17) is 5.73 Å². The van der Waals surface area contributed by atoms with Crippen LogP contribution in [0, 0.1) is 5.82 Å². The Morgan fingerprint density at radius 3 is 2.47 bits per heavy atom. The summed E-state index contributed by atoms with van der Waals surface area (Å²) in [6.07, 6.45) is 0.172. The van der Waals surface area contributed by atoms with Gasteiger partial charge >= 0.3 is 6.03 Å². The van der Waals surface area contributed by atoms with Gasteiger partial charge in [0.25, 0.3) is 0 Å². The van der Waals surface area contributed by atoms with Gasteiger partial charge < -0.3 is 5.73 Å². The molecule has 0 saturated carbocycles. The van der Waals surface area contributed by atoms with Gasteiger partial charge in [0, 0.05) is 19.0 Å². The fourth-order valence-corrected chi connectivity index (χ4v) is 1.67. The van der Waals surface area contributed by atoms with E-state index >= 15 is 0 Å². The minimum absolute atomic E-state index is 0.0435. The molecule has 1 aromatic rings. The highest BCUT2D eigenvalue weighted by Crippen LogP contribution is 2.18. The zero-order valence-electron chi connectivity index (χ0n) is 11.0. The number of primary amides is 1. The highest BCUT2D eigenvalue weighted by Gasteiger charge is 2.13. The first kappa shape index (κ1) is 15.1. The molecule has 3 N–H and O–H groups in total. The van der Waals surface area contributed by atoms with Crippen LogP contribution in [0.15, 0.2) is 24.3 Å². The van der Waals surface area contributed by atoms with Gasteiger partial charge in [0.1, 0.15) is 5.82 Å². The molecular weight excluding hydrogens is 249 g/mol. The number of amides is 3.